The summed E-state index contributed by atoms with van der Waals surface area (Å²) in [7, 11) is 0. The number of ether oxygens (including phenoxy) is 1. The van der Waals surface area contributed by atoms with Crippen LogP contribution in [0.3, 0.4) is 0 Å². The number of halogens is 2. The number of benzene rings is 2. The Morgan fingerprint density at radius 1 is 1.10 bits per heavy atom. The van der Waals surface area contributed by atoms with Gasteiger partial charge in [-0.05, 0) is 74.9 Å². The highest BCUT2D eigenvalue weighted by molar-refractivity contribution is 6.42. The number of aryl methyl sites for hydroxylation is 1. The summed E-state index contributed by atoms with van der Waals surface area (Å²) in [6.07, 6.45) is 8.12. The first-order valence-electron chi connectivity index (χ1n) is 14.0. The highest BCUT2D eigenvalue weighted by Gasteiger charge is 2.23. The molecule has 1 heterocycles. The number of fused-ring (bicyclic) bond motifs is 1. The molecule has 0 spiro atoms. The quantitative estimate of drug-likeness (QED) is 0.159. The van der Waals surface area contributed by atoms with E-state index >= 15 is 0 Å². The van der Waals surface area contributed by atoms with Crippen LogP contribution in [0, 0.1) is 0 Å². The number of aromatic hydroxyl groups is 1. The zero-order valence-electron chi connectivity index (χ0n) is 23.0. The fourth-order valence-electron chi connectivity index (χ4n) is 4.82. The van der Waals surface area contributed by atoms with Gasteiger partial charge in [-0.15, -0.1) is 0 Å². The molecular weight excluding hydrogens is 537 g/mol. The van der Waals surface area contributed by atoms with E-state index < -0.39 is 0 Å². The third-order valence-corrected chi connectivity index (χ3v) is 7.83. The Kier molecular flexibility index (Phi) is 12.7. The summed E-state index contributed by atoms with van der Waals surface area (Å²) in [4.78, 5) is 26.8. The van der Waals surface area contributed by atoms with Crippen molar-refractivity contribution in [2.45, 2.75) is 77.7 Å². The van der Waals surface area contributed by atoms with Crippen LogP contribution >= 0.6 is 23.2 Å². The maximum absolute atomic E-state index is 13.1. The van der Waals surface area contributed by atoms with Crippen LogP contribution in [-0.2, 0) is 22.4 Å². The van der Waals surface area contributed by atoms with E-state index in [0.717, 1.165) is 75.6 Å². The predicted octanol–water partition coefficient (Wildman–Crippen LogP) is 6.37. The summed E-state index contributed by atoms with van der Waals surface area (Å²) < 4.78 is 5.59. The lowest BCUT2D eigenvalue weighted by Gasteiger charge is -2.30. The van der Waals surface area contributed by atoms with Crippen LogP contribution in [-0.4, -0.2) is 54.1 Å². The van der Waals surface area contributed by atoms with Gasteiger partial charge in [0.25, 0.3) is 5.91 Å². The fraction of sp³-hybridized carbons (Fsp3) is 0.533. The summed E-state index contributed by atoms with van der Waals surface area (Å²) in [6.45, 7) is 6.44. The van der Waals surface area contributed by atoms with Crippen molar-refractivity contribution in [3.05, 3.63) is 51.5 Å². The third-order valence-electron chi connectivity index (χ3n) is 7.09. The number of hydrogen-bond donors (Lipinski definition) is 3. The first kappa shape index (κ1) is 31.1. The summed E-state index contributed by atoms with van der Waals surface area (Å²) in [5.41, 5.74) is 2.44. The second-order valence-electron chi connectivity index (χ2n) is 10.2. The van der Waals surface area contributed by atoms with E-state index in [0.29, 0.717) is 34.4 Å². The van der Waals surface area contributed by atoms with Crippen LogP contribution in [0.2, 0.25) is 10.0 Å². The first-order chi connectivity index (χ1) is 18.8. The number of hydrogen-bond acceptors (Lipinski definition) is 5. The normalized spacial score (nSPS) is 13.4. The number of nitrogens with zero attached hydrogens (tertiary/aromatic N) is 1. The van der Waals surface area contributed by atoms with E-state index in [9.17, 15) is 14.7 Å². The van der Waals surface area contributed by atoms with Gasteiger partial charge in [0.1, 0.15) is 11.4 Å². The molecule has 39 heavy (non-hydrogen) atoms. The van der Waals surface area contributed by atoms with Crippen LogP contribution in [0.25, 0.3) is 0 Å². The van der Waals surface area contributed by atoms with Crippen LogP contribution < -0.4 is 15.4 Å². The van der Waals surface area contributed by atoms with Gasteiger partial charge in [-0.25, -0.2) is 0 Å². The van der Waals surface area contributed by atoms with Crippen LogP contribution in [0.1, 0.15) is 69.9 Å². The van der Waals surface area contributed by atoms with Crippen molar-refractivity contribution >= 4 is 40.7 Å². The summed E-state index contributed by atoms with van der Waals surface area (Å²) in [5, 5.41) is 17.2. The molecule has 2 amide bonds. The molecule has 7 nitrogen and oxygen atoms in total. The molecule has 0 bridgehead atoms. The number of rotatable bonds is 16. The van der Waals surface area contributed by atoms with Gasteiger partial charge in [0.15, 0.2) is 12.4 Å². The number of phenolic OH excluding ortho intramolecular Hbond substituents is 1. The molecular formula is C30H41Cl2N3O4. The average molecular weight is 579 g/mol. The van der Waals surface area contributed by atoms with Gasteiger partial charge >= 0.3 is 0 Å². The van der Waals surface area contributed by atoms with Crippen LogP contribution in [0.5, 0.6) is 11.5 Å². The van der Waals surface area contributed by atoms with Crippen molar-refractivity contribution in [3.63, 3.8) is 0 Å². The SMILES string of the molecule is CCCC[C@@H](C)N(CCCCCc1ccc(O)c2c1OCC(=O)N2)C(=O)CCNCCc1ccc(Cl)c(Cl)c1. The second kappa shape index (κ2) is 15.9. The molecule has 214 valence electrons. The Balaban J connectivity index is 1.43. The molecule has 0 saturated heterocycles. The molecule has 9 heteroatoms. The molecule has 3 rings (SSSR count). The zero-order chi connectivity index (χ0) is 28.2. The maximum Gasteiger partial charge on any atom is 0.262 e. The Morgan fingerprint density at radius 2 is 1.92 bits per heavy atom. The molecule has 0 aromatic heterocycles. The molecule has 1 aliphatic heterocycles. The molecule has 0 unspecified atom stereocenters. The van der Waals surface area contributed by atoms with Crippen molar-refractivity contribution in [1.29, 1.82) is 0 Å². The van der Waals surface area contributed by atoms with E-state index in [-0.39, 0.29) is 30.2 Å². The van der Waals surface area contributed by atoms with Gasteiger partial charge in [-0.2, -0.15) is 0 Å². The van der Waals surface area contributed by atoms with E-state index in [1.807, 2.05) is 24.3 Å². The minimum atomic E-state index is -0.265. The summed E-state index contributed by atoms with van der Waals surface area (Å²) in [6, 6.07) is 9.33. The van der Waals surface area contributed by atoms with Gasteiger partial charge in [-0.3, -0.25) is 9.59 Å². The monoisotopic (exact) mass is 577 g/mol. The minimum absolute atomic E-state index is 0.0147. The molecule has 2 aromatic rings. The van der Waals surface area contributed by atoms with Crippen molar-refractivity contribution in [3.8, 4) is 11.5 Å². The number of amides is 2. The standard InChI is InChI=1S/C30H41Cl2N3O4/c1-3-4-8-21(2)35(28(38)15-17-33-16-14-22-10-12-24(31)25(32)19-22)18-7-5-6-9-23-11-13-26(36)29-30(23)39-20-27(37)34-29/h10-13,19,21,33,36H,3-9,14-18,20H2,1-2H3,(H,34,37)/t21-/m1/s1. The fourth-order valence-corrected chi connectivity index (χ4v) is 5.14. The number of unbranched alkanes of at least 4 members (excludes halogenated alkanes) is 3. The molecule has 1 atom stereocenters. The van der Waals surface area contributed by atoms with E-state index in [1.165, 1.54) is 0 Å². The van der Waals surface area contributed by atoms with Crippen molar-refractivity contribution in [1.82, 2.24) is 10.2 Å². The Morgan fingerprint density at radius 3 is 2.69 bits per heavy atom. The van der Waals surface area contributed by atoms with Gasteiger partial charge in [0, 0.05) is 25.6 Å². The number of carbonyl (C=O) groups is 2. The minimum Gasteiger partial charge on any atom is -0.506 e. The first-order valence-corrected chi connectivity index (χ1v) is 14.8. The molecule has 1 aliphatic rings. The van der Waals surface area contributed by atoms with E-state index in [4.69, 9.17) is 27.9 Å². The lowest BCUT2D eigenvalue weighted by Crippen LogP contribution is -2.40. The van der Waals surface area contributed by atoms with Crippen molar-refractivity contribution in [2.24, 2.45) is 0 Å². The number of anilines is 1. The van der Waals surface area contributed by atoms with Gasteiger partial charge < -0.3 is 25.4 Å². The predicted molar refractivity (Wildman–Crippen MR) is 158 cm³/mol. The topological polar surface area (TPSA) is 90.9 Å². The van der Waals surface area contributed by atoms with Crippen molar-refractivity contribution < 1.29 is 19.4 Å². The van der Waals surface area contributed by atoms with Crippen LogP contribution in [0.4, 0.5) is 5.69 Å². The summed E-state index contributed by atoms with van der Waals surface area (Å²) in [5.74, 6) is 0.503. The number of nitrogens with one attached hydrogen (secondary N) is 2. The van der Waals surface area contributed by atoms with Crippen LogP contribution in [0.15, 0.2) is 30.3 Å². The highest BCUT2D eigenvalue weighted by Crippen LogP contribution is 2.39. The summed E-state index contributed by atoms with van der Waals surface area (Å²) >= 11 is 12.1. The van der Waals surface area contributed by atoms with E-state index in [2.05, 4.69) is 29.4 Å². The van der Waals surface area contributed by atoms with Gasteiger partial charge in [0.05, 0.1) is 10.0 Å². The molecule has 2 aromatic carbocycles. The Bertz CT molecular complexity index is 1110. The molecule has 0 aliphatic carbocycles. The van der Waals surface area contributed by atoms with Gasteiger partial charge in [0.2, 0.25) is 5.91 Å². The molecule has 0 radical (unpaired) electrons. The second-order valence-corrected chi connectivity index (χ2v) is 11.0. The van der Waals surface area contributed by atoms with Crippen molar-refractivity contribution in [2.75, 3.05) is 31.6 Å². The molecule has 0 saturated carbocycles. The molecule has 3 N–H and O–H groups in total. The largest absolute Gasteiger partial charge is 0.506 e. The maximum atomic E-state index is 13.1. The third kappa shape index (κ3) is 9.59. The Hall–Kier alpha value is -2.48. The zero-order valence-corrected chi connectivity index (χ0v) is 24.5. The lowest BCUT2D eigenvalue weighted by molar-refractivity contribution is -0.133. The Labute approximate surface area is 242 Å². The number of phenols is 1. The average Bonchev–Trinajstić information content (AvgIpc) is 2.92. The van der Waals surface area contributed by atoms with Gasteiger partial charge in [-0.1, -0.05) is 61.5 Å². The highest BCUT2D eigenvalue weighted by atomic mass is 35.5. The lowest BCUT2D eigenvalue weighted by atomic mass is 10.0. The number of carbonyl (C=O) groups excluding carboxylic acids is 2. The smallest absolute Gasteiger partial charge is 0.262 e. The van der Waals surface area contributed by atoms with E-state index in [1.54, 1.807) is 6.07 Å². The molecule has 0 fully saturated rings.